The largest absolute Gasteiger partial charge is 0.365 e. The zero-order chi connectivity index (χ0) is 18.4. The first-order valence-corrected chi connectivity index (χ1v) is 9.91. The van der Waals surface area contributed by atoms with E-state index in [1.807, 2.05) is 0 Å². The highest BCUT2D eigenvalue weighted by molar-refractivity contribution is 7.93. The molecule has 25 heavy (non-hydrogen) atoms. The molecule has 1 aromatic carbocycles. The Balaban J connectivity index is 2.05. The van der Waals surface area contributed by atoms with Crippen molar-refractivity contribution in [3.8, 4) is 0 Å². The van der Waals surface area contributed by atoms with Gasteiger partial charge < -0.3 is 5.73 Å². The number of nitrogens with one attached hydrogen (secondary N) is 1. The summed E-state index contributed by atoms with van der Waals surface area (Å²) in [6.07, 6.45) is 2.21. The Morgan fingerprint density at radius 1 is 1.36 bits per heavy atom. The van der Waals surface area contributed by atoms with E-state index in [9.17, 15) is 22.0 Å². The fourth-order valence-electron chi connectivity index (χ4n) is 2.94. The van der Waals surface area contributed by atoms with E-state index in [4.69, 9.17) is 5.73 Å². The summed E-state index contributed by atoms with van der Waals surface area (Å²) in [5.41, 5.74) is 6.29. The van der Waals surface area contributed by atoms with Gasteiger partial charge in [0.2, 0.25) is 0 Å². The van der Waals surface area contributed by atoms with Crippen LogP contribution < -0.4 is 10.5 Å². The highest BCUT2D eigenvalue weighted by Crippen LogP contribution is 2.40. The molecule has 0 aliphatic heterocycles. The predicted molar refractivity (Wildman–Crippen MR) is 91.2 cm³/mol. The lowest BCUT2D eigenvalue weighted by Gasteiger charge is -2.18. The average molecular weight is 386 g/mol. The lowest BCUT2D eigenvalue weighted by Crippen LogP contribution is -2.20. The van der Waals surface area contributed by atoms with Crippen molar-refractivity contribution >= 4 is 32.3 Å². The maximum Gasteiger partial charge on any atom is 0.265 e. The number of rotatable bonds is 4. The van der Waals surface area contributed by atoms with Gasteiger partial charge >= 0.3 is 0 Å². The van der Waals surface area contributed by atoms with Gasteiger partial charge in [-0.15, -0.1) is 11.3 Å². The van der Waals surface area contributed by atoms with Crippen LogP contribution in [0.5, 0.6) is 0 Å². The van der Waals surface area contributed by atoms with Crippen LogP contribution in [0, 0.1) is 17.6 Å². The predicted octanol–water partition coefficient (Wildman–Crippen LogP) is 3.05. The number of amides is 1. The van der Waals surface area contributed by atoms with E-state index in [-0.39, 0.29) is 10.6 Å². The van der Waals surface area contributed by atoms with E-state index < -0.39 is 32.5 Å². The van der Waals surface area contributed by atoms with E-state index in [1.165, 1.54) is 0 Å². The number of fused-ring (bicyclic) bond motifs is 1. The van der Waals surface area contributed by atoms with Crippen molar-refractivity contribution in [1.29, 1.82) is 0 Å². The van der Waals surface area contributed by atoms with E-state index in [1.54, 1.807) is 0 Å². The van der Waals surface area contributed by atoms with Crippen molar-refractivity contribution < 1.29 is 22.0 Å². The third-order valence-electron chi connectivity index (χ3n) is 4.17. The van der Waals surface area contributed by atoms with Gasteiger partial charge in [-0.25, -0.2) is 17.2 Å². The maximum atomic E-state index is 13.8. The van der Waals surface area contributed by atoms with Gasteiger partial charge in [0, 0.05) is 4.88 Å². The minimum Gasteiger partial charge on any atom is -0.365 e. The molecule has 0 radical (unpaired) electrons. The van der Waals surface area contributed by atoms with Gasteiger partial charge in [0.15, 0.2) is 0 Å². The van der Waals surface area contributed by atoms with Crippen LogP contribution >= 0.6 is 11.3 Å². The number of carbonyl (C=O) groups excluding carboxylic acids is 1. The highest BCUT2D eigenvalue weighted by atomic mass is 32.2. The van der Waals surface area contributed by atoms with Crippen molar-refractivity contribution in [2.24, 2.45) is 11.7 Å². The second-order valence-corrected chi connectivity index (χ2v) is 8.86. The third-order valence-corrected chi connectivity index (χ3v) is 6.83. The van der Waals surface area contributed by atoms with Crippen LogP contribution in [0.4, 0.5) is 13.8 Å². The second-order valence-electron chi connectivity index (χ2n) is 6.10. The lowest BCUT2D eigenvalue weighted by atomic mass is 9.88. The van der Waals surface area contributed by atoms with Crippen molar-refractivity contribution in [2.75, 3.05) is 4.72 Å². The first-order chi connectivity index (χ1) is 11.7. The first kappa shape index (κ1) is 17.8. The fourth-order valence-corrected chi connectivity index (χ4v) is 5.76. The summed E-state index contributed by atoms with van der Waals surface area (Å²) in [5.74, 6) is -2.29. The number of carbonyl (C=O) groups is 1. The summed E-state index contributed by atoms with van der Waals surface area (Å²) in [7, 11) is -4.40. The van der Waals surface area contributed by atoms with Crippen LogP contribution in [0.2, 0.25) is 0 Å². The molecule has 1 aromatic heterocycles. The van der Waals surface area contributed by atoms with E-state index in [2.05, 4.69) is 11.6 Å². The number of sulfonamides is 1. The zero-order valence-electron chi connectivity index (χ0n) is 13.3. The Morgan fingerprint density at radius 3 is 2.76 bits per heavy atom. The Morgan fingerprint density at radius 2 is 2.08 bits per heavy atom. The molecular formula is C16H16F2N2O3S2. The molecule has 3 rings (SSSR count). The zero-order valence-corrected chi connectivity index (χ0v) is 14.9. The highest BCUT2D eigenvalue weighted by Gasteiger charge is 2.29. The molecule has 0 bridgehead atoms. The van der Waals surface area contributed by atoms with Gasteiger partial charge in [-0.2, -0.15) is 0 Å². The van der Waals surface area contributed by atoms with Gasteiger partial charge in [-0.3, -0.25) is 9.52 Å². The quantitative estimate of drug-likeness (QED) is 0.846. The molecule has 5 nitrogen and oxygen atoms in total. The number of anilines is 1. The van der Waals surface area contributed by atoms with E-state index >= 15 is 0 Å². The van der Waals surface area contributed by atoms with Crippen LogP contribution in [-0.2, 0) is 22.9 Å². The molecule has 2 aromatic rings. The molecule has 1 heterocycles. The molecule has 9 heteroatoms. The summed E-state index contributed by atoms with van der Waals surface area (Å²) in [5, 5.41) is 0.0512. The number of nitrogens with two attached hydrogens (primary N) is 1. The first-order valence-electron chi connectivity index (χ1n) is 7.61. The van der Waals surface area contributed by atoms with Crippen LogP contribution in [0.25, 0.3) is 0 Å². The van der Waals surface area contributed by atoms with Crippen LogP contribution in [0.1, 0.15) is 34.1 Å². The fraction of sp³-hybridized carbons (Fsp3) is 0.312. The Kier molecular flexibility index (Phi) is 4.54. The molecule has 1 aliphatic carbocycles. The molecule has 0 saturated carbocycles. The van der Waals surface area contributed by atoms with Gasteiger partial charge in [0.1, 0.15) is 21.5 Å². The van der Waals surface area contributed by atoms with Gasteiger partial charge in [0.05, 0.1) is 5.56 Å². The number of thiophene rings is 1. The number of halogens is 2. The molecule has 0 saturated heterocycles. The summed E-state index contributed by atoms with van der Waals surface area (Å²) in [6.45, 7) is 2.07. The molecule has 134 valence electrons. The van der Waals surface area contributed by atoms with Gasteiger partial charge in [0.25, 0.3) is 15.9 Å². The Bertz CT molecular complexity index is 955. The Hall–Kier alpha value is -2.00. The van der Waals surface area contributed by atoms with Crippen molar-refractivity contribution in [3.05, 3.63) is 45.8 Å². The summed E-state index contributed by atoms with van der Waals surface area (Å²) in [6, 6.07) is 2.16. The molecule has 1 atom stereocenters. The van der Waals surface area contributed by atoms with Crippen molar-refractivity contribution in [1.82, 2.24) is 0 Å². The summed E-state index contributed by atoms with van der Waals surface area (Å²) in [4.78, 5) is 11.9. The van der Waals surface area contributed by atoms with Crippen LogP contribution in [0.3, 0.4) is 0 Å². The molecule has 3 N–H and O–H groups in total. The van der Waals surface area contributed by atoms with Crippen LogP contribution in [0.15, 0.2) is 23.1 Å². The van der Waals surface area contributed by atoms with Gasteiger partial charge in [-0.1, -0.05) is 6.92 Å². The normalized spacial score (nSPS) is 17.2. The SMILES string of the molecule is C[C@@H]1CCc2c(sc(NS(=O)(=O)c3cc(F)ccc3F)c2C(N)=O)C1. The van der Waals surface area contributed by atoms with E-state index in [0.717, 1.165) is 46.8 Å². The average Bonchev–Trinajstić information content (AvgIpc) is 2.85. The smallest absolute Gasteiger partial charge is 0.265 e. The van der Waals surface area contributed by atoms with Crippen molar-refractivity contribution in [2.45, 2.75) is 31.1 Å². The number of benzene rings is 1. The lowest BCUT2D eigenvalue weighted by molar-refractivity contribution is 0.100. The molecule has 0 fully saturated rings. The van der Waals surface area contributed by atoms with Gasteiger partial charge in [-0.05, 0) is 48.9 Å². The maximum absolute atomic E-state index is 13.8. The molecule has 0 spiro atoms. The molecular weight excluding hydrogens is 370 g/mol. The standard InChI is InChI=1S/C16H16F2N2O3S2/c1-8-2-4-10-12(6-8)24-16(14(10)15(19)21)20-25(22,23)13-7-9(17)3-5-11(13)18/h3,5,7-8,20H,2,4,6H2,1H3,(H2,19,21)/t8-/m1/s1. The minimum atomic E-state index is -4.40. The number of hydrogen-bond donors (Lipinski definition) is 2. The number of hydrogen-bond acceptors (Lipinski definition) is 4. The van der Waals surface area contributed by atoms with E-state index in [0.29, 0.717) is 18.4 Å². The summed E-state index contributed by atoms with van der Waals surface area (Å²) < 4.78 is 54.3. The third kappa shape index (κ3) is 3.38. The molecule has 1 amide bonds. The molecule has 1 aliphatic rings. The minimum absolute atomic E-state index is 0.0512. The monoisotopic (exact) mass is 386 g/mol. The Labute approximate surface area is 147 Å². The van der Waals surface area contributed by atoms with Crippen LogP contribution in [-0.4, -0.2) is 14.3 Å². The molecule has 0 unspecified atom stereocenters. The topological polar surface area (TPSA) is 89.3 Å². The number of primary amides is 1. The second kappa shape index (κ2) is 6.38. The van der Waals surface area contributed by atoms with Crippen molar-refractivity contribution in [3.63, 3.8) is 0 Å². The summed E-state index contributed by atoms with van der Waals surface area (Å²) >= 11 is 1.12.